The summed E-state index contributed by atoms with van der Waals surface area (Å²) < 4.78 is 10.5. The van der Waals surface area contributed by atoms with Gasteiger partial charge in [-0.05, 0) is 38.2 Å². The molecule has 0 aromatic heterocycles. The number of unbranched alkanes of at least 4 members (excludes halogenated alkanes) is 17. The average Bonchev–Trinajstić information content (AvgIpc) is 2.96. The molecule has 238 valence electrons. The number of aliphatic hydroxyl groups excluding tert-OH is 1. The lowest BCUT2D eigenvalue weighted by atomic mass is 10.1. The second kappa shape index (κ2) is 31.0. The molecule has 41 heavy (non-hydrogen) atoms. The molecule has 0 aromatic rings. The highest BCUT2D eigenvalue weighted by atomic mass is 16.6. The van der Waals surface area contributed by atoms with E-state index >= 15 is 0 Å². The topological polar surface area (TPSA) is 89.9 Å². The summed E-state index contributed by atoms with van der Waals surface area (Å²) >= 11 is 0. The molecule has 0 heterocycles. The maximum absolute atomic E-state index is 12.1. The summed E-state index contributed by atoms with van der Waals surface area (Å²) in [6, 6.07) is 0. The number of rotatable bonds is 30. The third kappa shape index (κ3) is 29.3. The Labute approximate surface area is 251 Å². The van der Waals surface area contributed by atoms with Crippen LogP contribution in [0.1, 0.15) is 162 Å². The maximum Gasteiger partial charge on any atom is 0.306 e. The van der Waals surface area contributed by atoms with Gasteiger partial charge >= 0.3 is 11.9 Å². The largest absolute Gasteiger partial charge is 0.462 e. The van der Waals surface area contributed by atoms with Crippen molar-refractivity contribution in [2.24, 2.45) is 0 Å². The second-order valence-electron chi connectivity index (χ2n) is 11.3. The van der Waals surface area contributed by atoms with Gasteiger partial charge in [-0.1, -0.05) is 128 Å². The lowest BCUT2D eigenvalue weighted by Gasteiger charge is -2.15. The molecule has 1 atom stereocenters. The van der Waals surface area contributed by atoms with Crippen LogP contribution >= 0.6 is 0 Å². The minimum absolute atomic E-state index is 0.0885. The molecule has 6 heteroatoms. The van der Waals surface area contributed by atoms with Gasteiger partial charge in [-0.15, -0.1) is 0 Å². The van der Waals surface area contributed by atoms with Crippen molar-refractivity contribution in [3.8, 4) is 0 Å². The number of hydrogen-bond donors (Lipinski definition) is 1. The lowest BCUT2D eigenvalue weighted by Crippen LogP contribution is -2.28. The number of aliphatic hydroxyl groups is 1. The van der Waals surface area contributed by atoms with Gasteiger partial charge < -0.3 is 14.6 Å². The minimum Gasteiger partial charge on any atom is -0.462 e. The van der Waals surface area contributed by atoms with Gasteiger partial charge in [0.25, 0.3) is 0 Å². The highest BCUT2D eigenvalue weighted by Gasteiger charge is 2.16. The van der Waals surface area contributed by atoms with E-state index in [-0.39, 0.29) is 30.9 Å². The molecule has 0 spiro atoms. The zero-order valence-corrected chi connectivity index (χ0v) is 26.6. The Bertz CT molecular complexity index is 684. The van der Waals surface area contributed by atoms with Gasteiger partial charge in [0.1, 0.15) is 6.61 Å². The van der Waals surface area contributed by atoms with Crippen molar-refractivity contribution in [3.05, 3.63) is 24.3 Å². The van der Waals surface area contributed by atoms with E-state index in [0.717, 1.165) is 77.0 Å². The van der Waals surface area contributed by atoms with Gasteiger partial charge in [0.15, 0.2) is 11.9 Å². The first-order valence-electron chi connectivity index (χ1n) is 16.8. The van der Waals surface area contributed by atoms with Crippen LogP contribution in [0.15, 0.2) is 24.3 Å². The predicted molar refractivity (Wildman–Crippen MR) is 169 cm³/mol. The fourth-order valence-corrected chi connectivity index (χ4v) is 4.59. The molecule has 0 aliphatic rings. The highest BCUT2D eigenvalue weighted by Crippen LogP contribution is 2.13. The van der Waals surface area contributed by atoms with Gasteiger partial charge in [0.2, 0.25) is 0 Å². The SMILES string of the molecule is CCCCCCCCCCCCCC(=O)OC[C@H](CO)OC(=O)CCCCCCC/C=C\C=C\C(=O)CCCCC. The van der Waals surface area contributed by atoms with E-state index < -0.39 is 6.10 Å². The van der Waals surface area contributed by atoms with Crippen molar-refractivity contribution in [1.29, 1.82) is 0 Å². The van der Waals surface area contributed by atoms with E-state index in [2.05, 4.69) is 19.9 Å². The van der Waals surface area contributed by atoms with Gasteiger partial charge in [0.05, 0.1) is 6.61 Å². The molecule has 0 aliphatic heterocycles. The molecule has 0 aliphatic carbocycles. The quantitative estimate of drug-likeness (QED) is 0.0396. The van der Waals surface area contributed by atoms with Crippen LogP contribution in [0.25, 0.3) is 0 Å². The highest BCUT2D eigenvalue weighted by molar-refractivity contribution is 5.89. The van der Waals surface area contributed by atoms with Crippen molar-refractivity contribution in [2.45, 2.75) is 168 Å². The second-order valence-corrected chi connectivity index (χ2v) is 11.3. The van der Waals surface area contributed by atoms with E-state index in [1.165, 1.54) is 51.4 Å². The summed E-state index contributed by atoms with van der Waals surface area (Å²) in [6.45, 7) is 3.93. The first-order chi connectivity index (χ1) is 20.0. The number of carbonyl (C=O) groups excluding carboxylic acids is 3. The van der Waals surface area contributed by atoms with Crippen molar-refractivity contribution in [2.75, 3.05) is 13.2 Å². The van der Waals surface area contributed by atoms with Crippen molar-refractivity contribution < 1.29 is 29.0 Å². The monoisotopic (exact) mass is 578 g/mol. The van der Waals surface area contributed by atoms with Crippen LogP contribution in [0, 0.1) is 0 Å². The van der Waals surface area contributed by atoms with E-state index in [4.69, 9.17) is 9.47 Å². The summed E-state index contributed by atoms with van der Waals surface area (Å²) in [5.74, 6) is -0.454. The van der Waals surface area contributed by atoms with E-state index in [1.807, 2.05) is 12.2 Å². The summed E-state index contributed by atoms with van der Waals surface area (Å²) in [5, 5.41) is 9.49. The summed E-state index contributed by atoms with van der Waals surface area (Å²) in [5.41, 5.74) is 0. The zero-order chi connectivity index (χ0) is 30.2. The first kappa shape index (κ1) is 39.0. The van der Waals surface area contributed by atoms with E-state index in [9.17, 15) is 19.5 Å². The van der Waals surface area contributed by atoms with Crippen LogP contribution in [0.2, 0.25) is 0 Å². The molecule has 0 saturated heterocycles. The fraction of sp³-hybridized carbons (Fsp3) is 0.800. The number of ether oxygens (including phenoxy) is 2. The normalized spacial score (nSPS) is 12.3. The van der Waals surface area contributed by atoms with Gasteiger partial charge in [-0.25, -0.2) is 0 Å². The number of ketones is 1. The molecule has 0 rings (SSSR count). The zero-order valence-electron chi connectivity index (χ0n) is 26.6. The standard InChI is InChI=1S/C35H62O6/c1-3-5-7-8-9-10-11-14-17-20-24-28-34(38)40-31-33(30-36)41-35(39)29-25-21-18-15-12-13-16-19-23-27-32(37)26-22-6-4-2/h16,19,23,27,33,36H,3-15,17-18,20-22,24-26,28-31H2,1-2H3/b19-16-,27-23+/t33-/m0/s1. The molecule has 0 bridgehead atoms. The van der Waals surface area contributed by atoms with Crippen LogP contribution in [-0.2, 0) is 23.9 Å². The minimum atomic E-state index is -0.795. The van der Waals surface area contributed by atoms with Crippen molar-refractivity contribution in [1.82, 2.24) is 0 Å². The molecule has 6 nitrogen and oxygen atoms in total. The third-order valence-corrected chi connectivity index (χ3v) is 7.22. The Morgan fingerprint density at radius 2 is 1.10 bits per heavy atom. The molecular formula is C35H62O6. The Hall–Kier alpha value is -1.95. The smallest absolute Gasteiger partial charge is 0.306 e. The predicted octanol–water partition coefficient (Wildman–Crippen LogP) is 9.13. The molecule has 0 amide bonds. The average molecular weight is 579 g/mol. The third-order valence-electron chi connectivity index (χ3n) is 7.22. The molecule has 0 unspecified atom stereocenters. The summed E-state index contributed by atoms with van der Waals surface area (Å²) in [4.78, 5) is 35.7. The van der Waals surface area contributed by atoms with Crippen LogP contribution in [0.4, 0.5) is 0 Å². The van der Waals surface area contributed by atoms with E-state index in [0.29, 0.717) is 19.3 Å². The number of allylic oxidation sites excluding steroid dienone is 4. The number of esters is 2. The van der Waals surface area contributed by atoms with Gasteiger partial charge in [-0.3, -0.25) is 14.4 Å². The molecular weight excluding hydrogens is 516 g/mol. The molecule has 0 saturated carbocycles. The van der Waals surface area contributed by atoms with Crippen molar-refractivity contribution in [3.63, 3.8) is 0 Å². The molecule has 0 aromatic carbocycles. The molecule has 1 N–H and O–H groups in total. The Morgan fingerprint density at radius 3 is 1.68 bits per heavy atom. The molecule has 0 fully saturated rings. The Kier molecular flexibility index (Phi) is 29.5. The Morgan fingerprint density at radius 1 is 0.610 bits per heavy atom. The van der Waals surface area contributed by atoms with Gasteiger partial charge in [-0.2, -0.15) is 0 Å². The van der Waals surface area contributed by atoms with Crippen LogP contribution in [0.5, 0.6) is 0 Å². The lowest BCUT2D eigenvalue weighted by molar-refractivity contribution is -0.161. The number of hydrogen-bond acceptors (Lipinski definition) is 6. The fourth-order valence-electron chi connectivity index (χ4n) is 4.59. The van der Waals surface area contributed by atoms with Crippen molar-refractivity contribution >= 4 is 17.7 Å². The van der Waals surface area contributed by atoms with Crippen LogP contribution < -0.4 is 0 Å². The van der Waals surface area contributed by atoms with Gasteiger partial charge in [0, 0.05) is 19.3 Å². The molecule has 0 radical (unpaired) electrons. The summed E-state index contributed by atoms with van der Waals surface area (Å²) in [6.07, 6.45) is 30.6. The number of carbonyl (C=O) groups is 3. The first-order valence-corrected chi connectivity index (χ1v) is 16.8. The summed E-state index contributed by atoms with van der Waals surface area (Å²) in [7, 11) is 0. The Balaban J connectivity index is 3.67. The maximum atomic E-state index is 12.1. The van der Waals surface area contributed by atoms with Crippen LogP contribution in [0.3, 0.4) is 0 Å². The van der Waals surface area contributed by atoms with E-state index in [1.54, 1.807) is 6.08 Å². The van der Waals surface area contributed by atoms with Crippen LogP contribution in [-0.4, -0.2) is 42.1 Å².